The molecule has 7 heteroatoms. The molecule has 0 radical (unpaired) electrons. The van der Waals surface area contributed by atoms with E-state index in [1.54, 1.807) is 0 Å². The number of aromatic nitrogens is 1. The maximum atomic E-state index is 12.2. The predicted molar refractivity (Wildman–Crippen MR) is 86.2 cm³/mol. The molecule has 0 aliphatic heterocycles. The molecule has 3 aromatic rings. The van der Waals surface area contributed by atoms with Crippen molar-refractivity contribution in [3.8, 4) is 0 Å². The minimum Gasteiger partial charge on any atom is -0.441 e. The Bertz CT molecular complexity index is 873. The van der Waals surface area contributed by atoms with E-state index in [1.165, 1.54) is 18.2 Å². The normalized spacial score (nSPS) is 11.6. The lowest BCUT2D eigenvalue weighted by Crippen LogP contribution is -2.33. The summed E-state index contributed by atoms with van der Waals surface area (Å²) < 4.78 is 42.1. The van der Waals surface area contributed by atoms with Crippen LogP contribution in [0.4, 0.5) is 13.2 Å². The number of rotatable bonds is 5. The van der Waals surface area contributed by atoms with Gasteiger partial charge in [0.1, 0.15) is 12.1 Å². The molecule has 0 spiro atoms. The standard InChI is InChI=1S/C18H15F3N2O2/c19-18(20,21)11-22-17(24)13-7-8-15-14(10-13)23-16(25-15)9-6-12-4-2-1-3-5-12/h1-5,7-8,10H,6,9,11H2,(H,22,24). The number of hydrogen-bond acceptors (Lipinski definition) is 3. The molecule has 1 aromatic heterocycles. The number of nitrogens with zero attached hydrogens (tertiary/aromatic N) is 1. The molecule has 0 saturated carbocycles. The fraction of sp³-hybridized carbons (Fsp3) is 0.222. The number of hydrogen-bond donors (Lipinski definition) is 1. The van der Waals surface area contributed by atoms with Crippen LogP contribution in [0.1, 0.15) is 21.8 Å². The van der Waals surface area contributed by atoms with E-state index in [0.29, 0.717) is 23.4 Å². The van der Waals surface area contributed by atoms with Crippen LogP contribution in [0, 0.1) is 0 Å². The molecule has 1 amide bonds. The first-order valence-corrected chi connectivity index (χ1v) is 7.69. The van der Waals surface area contributed by atoms with Crippen molar-refractivity contribution in [1.82, 2.24) is 10.3 Å². The molecule has 0 unspecified atom stereocenters. The Labute approximate surface area is 141 Å². The molecule has 0 aliphatic rings. The maximum absolute atomic E-state index is 12.2. The van der Waals surface area contributed by atoms with E-state index in [2.05, 4.69) is 4.98 Å². The Hall–Kier alpha value is -2.83. The lowest BCUT2D eigenvalue weighted by molar-refractivity contribution is -0.123. The third kappa shape index (κ3) is 4.59. The first-order chi connectivity index (χ1) is 11.9. The zero-order valence-corrected chi connectivity index (χ0v) is 13.1. The van der Waals surface area contributed by atoms with Gasteiger partial charge in [-0.1, -0.05) is 30.3 Å². The quantitative estimate of drug-likeness (QED) is 0.761. The third-order valence-electron chi connectivity index (χ3n) is 3.61. The molecule has 0 bridgehead atoms. The van der Waals surface area contributed by atoms with E-state index in [-0.39, 0.29) is 5.56 Å². The van der Waals surface area contributed by atoms with Crippen molar-refractivity contribution in [3.63, 3.8) is 0 Å². The summed E-state index contributed by atoms with van der Waals surface area (Å²) in [5, 5.41) is 1.83. The second-order valence-electron chi connectivity index (χ2n) is 5.57. The number of carbonyl (C=O) groups excluding carboxylic acids is 1. The zero-order valence-electron chi connectivity index (χ0n) is 13.1. The number of alkyl halides is 3. The van der Waals surface area contributed by atoms with Gasteiger partial charge in [-0.25, -0.2) is 4.98 Å². The summed E-state index contributed by atoms with van der Waals surface area (Å²) in [6, 6.07) is 14.2. The number of halogens is 3. The number of benzene rings is 2. The monoisotopic (exact) mass is 348 g/mol. The van der Waals surface area contributed by atoms with Crippen LogP contribution in [0.5, 0.6) is 0 Å². The van der Waals surface area contributed by atoms with Crippen molar-refractivity contribution < 1.29 is 22.4 Å². The van der Waals surface area contributed by atoms with Crippen LogP contribution in [-0.4, -0.2) is 23.6 Å². The summed E-state index contributed by atoms with van der Waals surface area (Å²) in [4.78, 5) is 16.1. The molecule has 4 nitrogen and oxygen atoms in total. The number of oxazole rings is 1. The van der Waals surface area contributed by atoms with Gasteiger partial charge in [0, 0.05) is 12.0 Å². The van der Waals surface area contributed by atoms with Crippen LogP contribution >= 0.6 is 0 Å². The van der Waals surface area contributed by atoms with Crippen LogP contribution in [0.15, 0.2) is 52.9 Å². The van der Waals surface area contributed by atoms with Gasteiger partial charge in [-0.15, -0.1) is 0 Å². The lowest BCUT2D eigenvalue weighted by atomic mass is 10.1. The fourth-order valence-electron chi connectivity index (χ4n) is 2.40. The van der Waals surface area contributed by atoms with E-state index in [1.807, 2.05) is 35.6 Å². The highest BCUT2D eigenvalue weighted by Gasteiger charge is 2.28. The fourth-order valence-corrected chi connectivity index (χ4v) is 2.40. The van der Waals surface area contributed by atoms with Crippen molar-refractivity contribution in [1.29, 1.82) is 0 Å². The van der Waals surface area contributed by atoms with Gasteiger partial charge >= 0.3 is 6.18 Å². The predicted octanol–water partition coefficient (Wildman–Crippen LogP) is 3.91. The van der Waals surface area contributed by atoms with Crippen LogP contribution in [0.25, 0.3) is 11.1 Å². The van der Waals surface area contributed by atoms with Crippen LogP contribution in [0.2, 0.25) is 0 Å². The molecule has 0 saturated heterocycles. The van der Waals surface area contributed by atoms with Gasteiger partial charge in [0.25, 0.3) is 5.91 Å². The smallest absolute Gasteiger partial charge is 0.405 e. The molecule has 0 aliphatic carbocycles. The molecule has 1 heterocycles. The largest absolute Gasteiger partial charge is 0.441 e. The minimum atomic E-state index is -4.45. The average molecular weight is 348 g/mol. The highest BCUT2D eigenvalue weighted by atomic mass is 19.4. The van der Waals surface area contributed by atoms with E-state index in [9.17, 15) is 18.0 Å². The number of fused-ring (bicyclic) bond motifs is 1. The Morgan fingerprint density at radius 3 is 2.56 bits per heavy atom. The molecule has 0 atom stereocenters. The van der Waals surface area contributed by atoms with E-state index >= 15 is 0 Å². The van der Waals surface area contributed by atoms with Crippen molar-refractivity contribution in [2.75, 3.05) is 6.54 Å². The lowest BCUT2D eigenvalue weighted by Gasteiger charge is -2.07. The summed E-state index contributed by atoms with van der Waals surface area (Å²) >= 11 is 0. The summed E-state index contributed by atoms with van der Waals surface area (Å²) in [5.74, 6) is -0.278. The van der Waals surface area contributed by atoms with Gasteiger partial charge in [-0.2, -0.15) is 13.2 Å². The van der Waals surface area contributed by atoms with Crippen molar-refractivity contribution in [2.24, 2.45) is 0 Å². The second-order valence-corrected chi connectivity index (χ2v) is 5.57. The molecular weight excluding hydrogens is 333 g/mol. The highest BCUT2D eigenvalue weighted by molar-refractivity contribution is 5.97. The van der Waals surface area contributed by atoms with Gasteiger partial charge in [0.2, 0.25) is 0 Å². The number of nitrogens with one attached hydrogen (secondary N) is 1. The van der Waals surface area contributed by atoms with E-state index in [0.717, 1.165) is 12.0 Å². The molecule has 3 rings (SSSR count). The van der Waals surface area contributed by atoms with Gasteiger partial charge in [-0.3, -0.25) is 4.79 Å². The van der Waals surface area contributed by atoms with Crippen molar-refractivity contribution in [2.45, 2.75) is 19.0 Å². The Morgan fingerprint density at radius 1 is 1.08 bits per heavy atom. The first kappa shape index (κ1) is 17.0. The summed E-state index contributed by atoms with van der Waals surface area (Å²) in [6.45, 7) is -1.37. The van der Waals surface area contributed by atoms with Gasteiger partial charge in [0.15, 0.2) is 11.5 Å². The van der Waals surface area contributed by atoms with Crippen molar-refractivity contribution in [3.05, 3.63) is 65.5 Å². The Morgan fingerprint density at radius 2 is 1.84 bits per heavy atom. The third-order valence-corrected chi connectivity index (χ3v) is 3.61. The van der Waals surface area contributed by atoms with E-state index < -0.39 is 18.6 Å². The van der Waals surface area contributed by atoms with Crippen molar-refractivity contribution >= 4 is 17.0 Å². The SMILES string of the molecule is O=C(NCC(F)(F)F)c1ccc2oc(CCc3ccccc3)nc2c1. The Balaban J connectivity index is 1.69. The van der Waals surface area contributed by atoms with Gasteiger partial charge in [0.05, 0.1) is 0 Å². The number of carbonyl (C=O) groups is 1. The summed E-state index contributed by atoms with van der Waals surface area (Å²) in [6.07, 6.45) is -3.10. The molecule has 25 heavy (non-hydrogen) atoms. The highest BCUT2D eigenvalue weighted by Crippen LogP contribution is 2.19. The Kier molecular flexibility index (Phi) is 4.74. The summed E-state index contributed by atoms with van der Waals surface area (Å²) in [5.41, 5.74) is 2.20. The van der Waals surface area contributed by atoms with Gasteiger partial charge < -0.3 is 9.73 Å². The number of amides is 1. The van der Waals surface area contributed by atoms with Crippen LogP contribution in [0.3, 0.4) is 0 Å². The van der Waals surface area contributed by atoms with Crippen LogP contribution in [-0.2, 0) is 12.8 Å². The molecule has 1 N–H and O–H groups in total. The number of aryl methyl sites for hydroxylation is 2. The molecule has 130 valence electrons. The van der Waals surface area contributed by atoms with Gasteiger partial charge in [-0.05, 0) is 30.2 Å². The molecular formula is C18H15F3N2O2. The van der Waals surface area contributed by atoms with Crippen LogP contribution < -0.4 is 5.32 Å². The molecule has 0 fully saturated rings. The second kappa shape index (κ2) is 6.96. The molecule has 2 aromatic carbocycles. The zero-order chi connectivity index (χ0) is 17.9. The minimum absolute atomic E-state index is 0.111. The average Bonchev–Trinajstić information content (AvgIpc) is 3.00. The first-order valence-electron chi connectivity index (χ1n) is 7.69. The summed E-state index contributed by atoms with van der Waals surface area (Å²) in [7, 11) is 0. The van der Waals surface area contributed by atoms with E-state index in [4.69, 9.17) is 4.42 Å². The topological polar surface area (TPSA) is 55.1 Å². The maximum Gasteiger partial charge on any atom is 0.405 e.